The number of hydrogen-bond acceptors (Lipinski definition) is 2. The summed E-state index contributed by atoms with van der Waals surface area (Å²) in [4.78, 5) is 10.6. The molecule has 0 amide bonds. The molecule has 0 aliphatic rings. The molecular formula is C12H13FO3. The molecule has 16 heavy (non-hydrogen) atoms. The minimum absolute atomic E-state index is 0.0626. The maximum atomic E-state index is 13.4. The molecule has 1 aromatic carbocycles. The Balaban J connectivity index is 2.61. The summed E-state index contributed by atoms with van der Waals surface area (Å²) in [6, 6.07) is 3.78. The Kier molecular flexibility index (Phi) is 4.66. The first-order chi connectivity index (χ1) is 7.65. The molecule has 0 spiro atoms. The fourth-order valence-corrected chi connectivity index (χ4v) is 1.15. The third-order valence-corrected chi connectivity index (χ3v) is 2.02. The van der Waals surface area contributed by atoms with Gasteiger partial charge in [-0.05, 0) is 18.6 Å². The highest BCUT2D eigenvalue weighted by molar-refractivity contribution is 5.87. The molecule has 0 aliphatic carbocycles. The normalized spacial score (nSPS) is 10.1. The van der Waals surface area contributed by atoms with Gasteiger partial charge in [-0.25, -0.2) is 9.18 Å². The van der Waals surface area contributed by atoms with E-state index in [0.717, 1.165) is 6.07 Å². The Bertz CT molecular complexity index is 388. The van der Waals surface area contributed by atoms with Crippen molar-refractivity contribution in [3.8, 4) is 0 Å². The van der Waals surface area contributed by atoms with Crippen molar-refractivity contribution in [2.75, 3.05) is 6.61 Å². The van der Waals surface area contributed by atoms with Gasteiger partial charge in [-0.15, -0.1) is 6.58 Å². The number of carboxylic acid groups (broad SMARTS) is 1. The maximum Gasteiger partial charge on any atom is 0.335 e. The van der Waals surface area contributed by atoms with E-state index in [0.29, 0.717) is 18.6 Å². The van der Waals surface area contributed by atoms with E-state index in [9.17, 15) is 9.18 Å². The zero-order valence-corrected chi connectivity index (χ0v) is 8.78. The van der Waals surface area contributed by atoms with Gasteiger partial charge in [0.1, 0.15) is 5.82 Å². The first-order valence-electron chi connectivity index (χ1n) is 4.85. The van der Waals surface area contributed by atoms with Crippen molar-refractivity contribution < 1.29 is 19.0 Å². The van der Waals surface area contributed by atoms with Crippen LogP contribution >= 0.6 is 0 Å². The van der Waals surface area contributed by atoms with Crippen LogP contribution in [0.1, 0.15) is 22.3 Å². The topological polar surface area (TPSA) is 46.5 Å². The highest BCUT2D eigenvalue weighted by Gasteiger charge is 2.07. The average Bonchev–Trinajstić information content (AvgIpc) is 2.26. The van der Waals surface area contributed by atoms with Crippen molar-refractivity contribution >= 4 is 5.97 Å². The van der Waals surface area contributed by atoms with Gasteiger partial charge >= 0.3 is 5.97 Å². The summed E-state index contributed by atoms with van der Waals surface area (Å²) in [6.07, 6.45) is 2.42. The summed E-state index contributed by atoms with van der Waals surface area (Å²) in [5, 5.41) is 8.64. The third-order valence-electron chi connectivity index (χ3n) is 2.02. The molecule has 0 radical (unpaired) electrons. The number of aromatic carboxylic acids is 1. The zero-order chi connectivity index (χ0) is 12.0. The van der Waals surface area contributed by atoms with Crippen LogP contribution in [0.3, 0.4) is 0 Å². The van der Waals surface area contributed by atoms with Crippen LogP contribution in [0, 0.1) is 5.82 Å². The zero-order valence-electron chi connectivity index (χ0n) is 8.78. The van der Waals surface area contributed by atoms with Crippen LogP contribution in [0.5, 0.6) is 0 Å². The van der Waals surface area contributed by atoms with Crippen LogP contribution in [0.4, 0.5) is 4.39 Å². The first kappa shape index (κ1) is 12.4. The number of hydrogen-bond donors (Lipinski definition) is 1. The van der Waals surface area contributed by atoms with Crippen molar-refractivity contribution in [3.05, 3.63) is 47.8 Å². The first-order valence-corrected chi connectivity index (χ1v) is 4.85. The number of ether oxygens (including phenoxy) is 1. The molecule has 0 fully saturated rings. The third kappa shape index (κ3) is 3.47. The molecule has 4 heteroatoms. The molecule has 0 unspecified atom stereocenters. The van der Waals surface area contributed by atoms with Crippen LogP contribution in [0.25, 0.3) is 0 Å². The molecule has 1 aromatic rings. The fourth-order valence-electron chi connectivity index (χ4n) is 1.15. The van der Waals surface area contributed by atoms with Crippen LogP contribution in [0.15, 0.2) is 30.9 Å². The van der Waals surface area contributed by atoms with Gasteiger partial charge in [0.15, 0.2) is 0 Å². The monoisotopic (exact) mass is 224 g/mol. The van der Waals surface area contributed by atoms with E-state index in [1.165, 1.54) is 12.1 Å². The van der Waals surface area contributed by atoms with E-state index in [4.69, 9.17) is 9.84 Å². The predicted molar refractivity (Wildman–Crippen MR) is 57.8 cm³/mol. The van der Waals surface area contributed by atoms with Crippen molar-refractivity contribution in [1.82, 2.24) is 0 Å². The average molecular weight is 224 g/mol. The van der Waals surface area contributed by atoms with Crippen molar-refractivity contribution in [1.29, 1.82) is 0 Å². The molecule has 3 nitrogen and oxygen atoms in total. The highest BCUT2D eigenvalue weighted by Crippen LogP contribution is 2.11. The van der Waals surface area contributed by atoms with Gasteiger partial charge in [0, 0.05) is 5.56 Å². The van der Waals surface area contributed by atoms with Gasteiger partial charge in [0.2, 0.25) is 0 Å². The van der Waals surface area contributed by atoms with Crippen LogP contribution in [-0.4, -0.2) is 17.7 Å². The Morgan fingerprint density at radius 2 is 2.31 bits per heavy atom. The smallest absolute Gasteiger partial charge is 0.335 e. The number of carbonyl (C=O) groups is 1. The van der Waals surface area contributed by atoms with Gasteiger partial charge < -0.3 is 9.84 Å². The van der Waals surface area contributed by atoms with Crippen molar-refractivity contribution in [2.24, 2.45) is 0 Å². The Hall–Kier alpha value is -1.68. The second-order valence-electron chi connectivity index (χ2n) is 3.24. The van der Waals surface area contributed by atoms with Crippen LogP contribution < -0.4 is 0 Å². The second kappa shape index (κ2) is 6.02. The lowest BCUT2D eigenvalue weighted by Crippen LogP contribution is -2.01. The summed E-state index contributed by atoms with van der Waals surface area (Å²) in [7, 11) is 0. The lowest BCUT2D eigenvalue weighted by molar-refractivity contribution is 0.0696. The Labute approximate surface area is 93.2 Å². The molecule has 1 N–H and O–H groups in total. The molecule has 0 atom stereocenters. The van der Waals surface area contributed by atoms with Crippen molar-refractivity contribution in [2.45, 2.75) is 13.0 Å². The quantitative estimate of drug-likeness (QED) is 0.596. The van der Waals surface area contributed by atoms with Gasteiger partial charge in [-0.1, -0.05) is 12.1 Å². The molecule has 0 bridgehead atoms. The minimum Gasteiger partial charge on any atom is -0.478 e. The lowest BCUT2D eigenvalue weighted by Gasteiger charge is -2.05. The van der Waals surface area contributed by atoms with Gasteiger partial charge in [-0.3, -0.25) is 0 Å². The summed E-state index contributed by atoms with van der Waals surface area (Å²) >= 11 is 0. The largest absolute Gasteiger partial charge is 0.478 e. The standard InChI is InChI=1S/C12H13FO3/c1-2-3-6-16-8-10-5-4-9(12(14)15)7-11(10)13/h2,4-5,7H,1,3,6,8H2,(H,14,15). The van der Waals surface area contributed by atoms with Crippen LogP contribution in [-0.2, 0) is 11.3 Å². The lowest BCUT2D eigenvalue weighted by atomic mass is 10.1. The van der Waals surface area contributed by atoms with E-state index < -0.39 is 11.8 Å². The molecular weight excluding hydrogens is 211 g/mol. The molecule has 86 valence electrons. The molecule has 0 saturated heterocycles. The van der Waals surface area contributed by atoms with Crippen LogP contribution in [0.2, 0.25) is 0 Å². The van der Waals surface area contributed by atoms with E-state index in [-0.39, 0.29) is 12.2 Å². The van der Waals surface area contributed by atoms with Gasteiger partial charge in [0.25, 0.3) is 0 Å². The number of halogens is 1. The second-order valence-corrected chi connectivity index (χ2v) is 3.24. The molecule has 0 saturated carbocycles. The molecule has 0 aromatic heterocycles. The van der Waals surface area contributed by atoms with Crippen molar-refractivity contribution in [3.63, 3.8) is 0 Å². The summed E-state index contributed by atoms with van der Waals surface area (Å²) < 4.78 is 18.5. The van der Waals surface area contributed by atoms with E-state index in [2.05, 4.69) is 6.58 Å². The molecule has 0 heterocycles. The number of carboxylic acids is 1. The fraction of sp³-hybridized carbons (Fsp3) is 0.250. The maximum absolute atomic E-state index is 13.4. The Morgan fingerprint density at radius 3 is 2.88 bits per heavy atom. The SMILES string of the molecule is C=CCCOCc1ccc(C(=O)O)cc1F. The van der Waals surface area contributed by atoms with E-state index in [1.807, 2.05) is 0 Å². The molecule has 0 aliphatic heterocycles. The summed E-state index contributed by atoms with van der Waals surface area (Å²) in [6.45, 7) is 4.15. The highest BCUT2D eigenvalue weighted by atomic mass is 19.1. The predicted octanol–water partition coefficient (Wildman–Crippen LogP) is 2.62. The van der Waals surface area contributed by atoms with Gasteiger partial charge in [-0.2, -0.15) is 0 Å². The van der Waals surface area contributed by atoms with Gasteiger partial charge in [0.05, 0.1) is 18.8 Å². The Morgan fingerprint density at radius 1 is 1.56 bits per heavy atom. The molecule has 1 rings (SSSR count). The van der Waals surface area contributed by atoms with E-state index >= 15 is 0 Å². The number of rotatable bonds is 6. The number of benzene rings is 1. The summed E-state index contributed by atoms with van der Waals surface area (Å²) in [5.41, 5.74) is 0.293. The summed E-state index contributed by atoms with van der Waals surface area (Å²) in [5.74, 6) is -1.70. The van der Waals surface area contributed by atoms with E-state index in [1.54, 1.807) is 6.08 Å². The minimum atomic E-state index is -1.14.